The molecule has 0 aromatic heterocycles. The van der Waals surface area contributed by atoms with E-state index in [1.165, 1.54) is 16.4 Å². The van der Waals surface area contributed by atoms with Crippen molar-refractivity contribution >= 4 is 39.1 Å². The quantitative estimate of drug-likeness (QED) is 0.650. The summed E-state index contributed by atoms with van der Waals surface area (Å²) in [6.07, 6.45) is 0. The van der Waals surface area contributed by atoms with Crippen molar-refractivity contribution in [3.05, 3.63) is 18.2 Å². The second kappa shape index (κ2) is 10.0. The normalized spacial score (nSPS) is 15.9. The van der Waals surface area contributed by atoms with Crippen molar-refractivity contribution in [1.29, 1.82) is 0 Å². The lowest BCUT2D eigenvalue weighted by molar-refractivity contribution is -0.114. The molecular weight excluding hydrogens is 431 g/mol. The molecule has 1 aliphatic heterocycles. The van der Waals surface area contributed by atoms with Gasteiger partial charge >= 0.3 is 5.51 Å². The van der Waals surface area contributed by atoms with Crippen molar-refractivity contribution in [3.63, 3.8) is 0 Å². The fourth-order valence-electron chi connectivity index (χ4n) is 2.89. The maximum atomic E-state index is 12.9. The van der Waals surface area contributed by atoms with Crippen molar-refractivity contribution in [2.75, 3.05) is 55.4 Å². The van der Waals surface area contributed by atoms with Crippen LogP contribution in [0.25, 0.3) is 0 Å². The molecule has 1 aliphatic rings. The number of carbonyl (C=O) groups excluding carboxylic acids is 1. The SMILES string of the molecule is CCN(CC)c1ccc(S(=O)(=O)N2CCOCC2)cc1NC(=O)CSC(F)(F)F. The van der Waals surface area contributed by atoms with Crippen LogP contribution in [0.5, 0.6) is 0 Å². The third-order valence-corrected chi connectivity index (χ3v) is 6.95. The van der Waals surface area contributed by atoms with E-state index in [2.05, 4.69) is 5.32 Å². The molecule has 0 bridgehead atoms. The number of carbonyl (C=O) groups is 1. The predicted octanol–water partition coefficient (Wildman–Crippen LogP) is 2.75. The summed E-state index contributed by atoms with van der Waals surface area (Å²) in [6.45, 7) is 5.91. The summed E-state index contributed by atoms with van der Waals surface area (Å²) in [5, 5.41) is 2.44. The second-order valence-electron chi connectivity index (χ2n) is 6.15. The molecule has 1 aromatic carbocycles. The molecule has 0 atom stereocenters. The Balaban J connectivity index is 2.34. The van der Waals surface area contributed by atoms with Crippen LogP contribution >= 0.6 is 11.8 Å². The zero-order valence-corrected chi connectivity index (χ0v) is 17.8. The first-order valence-electron chi connectivity index (χ1n) is 9.06. The highest BCUT2D eigenvalue weighted by atomic mass is 32.2. The number of amides is 1. The van der Waals surface area contributed by atoms with Gasteiger partial charge in [0.05, 0.1) is 35.2 Å². The monoisotopic (exact) mass is 455 g/mol. The average molecular weight is 456 g/mol. The Bertz CT molecular complexity index is 809. The van der Waals surface area contributed by atoms with E-state index in [1.807, 2.05) is 18.7 Å². The van der Waals surface area contributed by atoms with E-state index in [0.29, 0.717) is 18.8 Å². The maximum Gasteiger partial charge on any atom is 0.442 e. The van der Waals surface area contributed by atoms with Crippen molar-refractivity contribution in [2.24, 2.45) is 0 Å². The van der Waals surface area contributed by atoms with Gasteiger partial charge in [0.15, 0.2) is 0 Å². The van der Waals surface area contributed by atoms with Gasteiger partial charge < -0.3 is 15.0 Å². The number of morpholine rings is 1. The van der Waals surface area contributed by atoms with Crippen LogP contribution in [0.2, 0.25) is 0 Å². The summed E-state index contributed by atoms with van der Waals surface area (Å²) in [7, 11) is -3.81. The van der Waals surface area contributed by atoms with E-state index in [4.69, 9.17) is 4.74 Å². The van der Waals surface area contributed by atoms with Gasteiger partial charge in [-0.1, -0.05) is 0 Å². The van der Waals surface area contributed by atoms with Gasteiger partial charge in [0.1, 0.15) is 0 Å². The molecule has 12 heteroatoms. The molecule has 164 valence electrons. The number of nitrogens with one attached hydrogen (secondary N) is 1. The van der Waals surface area contributed by atoms with E-state index < -0.39 is 39.0 Å². The molecular formula is C17H24F3N3O4S2. The first-order chi connectivity index (χ1) is 13.6. The summed E-state index contributed by atoms with van der Waals surface area (Å²) in [5.74, 6) is -1.68. The van der Waals surface area contributed by atoms with Gasteiger partial charge in [-0.2, -0.15) is 17.5 Å². The van der Waals surface area contributed by atoms with E-state index in [-0.39, 0.29) is 36.9 Å². The molecule has 0 aliphatic carbocycles. The van der Waals surface area contributed by atoms with Crippen LogP contribution in [0.3, 0.4) is 0 Å². The lowest BCUT2D eigenvalue weighted by Crippen LogP contribution is -2.40. The fourth-order valence-corrected chi connectivity index (χ4v) is 4.69. The Kier molecular flexibility index (Phi) is 8.20. The molecule has 1 saturated heterocycles. The van der Waals surface area contributed by atoms with Crippen molar-refractivity contribution < 1.29 is 31.1 Å². The third-order valence-electron chi connectivity index (χ3n) is 4.32. The number of benzene rings is 1. The first kappa shape index (κ1) is 23.8. The number of alkyl halides is 3. The lowest BCUT2D eigenvalue weighted by Gasteiger charge is -2.28. The lowest BCUT2D eigenvalue weighted by atomic mass is 10.2. The van der Waals surface area contributed by atoms with E-state index in [9.17, 15) is 26.4 Å². The Morgan fingerprint density at radius 1 is 1.24 bits per heavy atom. The van der Waals surface area contributed by atoms with E-state index in [0.717, 1.165) is 0 Å². The van der Waals surface area contributed by atoms with E-state index >= 15 is 0 Å². The summed E-state index contributed by atoms with van der Waals surface area (Å²) in [6, 6.07) is 4.31. The van der Waals surface area contributed by atoms with Crippen LogP contribution in [-0.2, 0) is 19.6 Å². The van der Waals surface area contributed by atoms with Crippen LogP contribution in [0.15, 0.2) is 23.1 Å². The van der Waals surface area contributed by atoms with Gasteiger partial charge in [0, 0.05) is 26.2 Å². The van der Waals surface area contributed by atoms with Crippen LogP contribution < -0.4 is 10.2 Å². The number of nitrogens with zero attached hydrogens (tertiary/aromatic N) is 2. The number of hydrogen-bond acceptors (Lipinski definition) is 6. The summed E-state index contributed by atoms with van der Waals surface area (Å²) in [4.78, 5) is 13.9. The number of sulfonamides is 1. The van der Waals surface area contributed by atoms with Crippen LogP contribution in [0.4, 0.5) is 24.5 Å². The molecule has 0 radical (unpaired) electrons. The number of hydrogen-bond donors (Lipinski definition) is 1. The highest BCUT2D eigenvalue weighted by Crippen LogP contribution is 2.32. The van der Waals surface area contributed by atoms with Gasteiger partial charge in [-0.25, -0.2) is 8.42 Å². The molecule has 1 aromatic rings. The predicted molar refractivity (Wildman–Crippen MR) is 107 cm³/mol. The van der Waals surface area contributed by atoms with Crippen LogP contribution in [0.1, 0.15) is 13.8 Å². The molecule has 7 nitrogen and oxygen atoms in total. The second-order valence-corrected chi connectivity index (χ2v) is 9.13. The number of thioether (sulfide) groups is 1. The molecule has 1 heterocycles. The largest absolute Gasteiger partial charge is 0.442 e. The standard InChI is InChI=1S/C17H24F3N3O4S2/c1-3-22(4-2)15-6-5-13(29(25,26)23-7-9-27-10-8-23)11-14(15)21-16(24)12-28-17(18,19)20/h5-6,11H,3-4,7-10,12H2,1-2H3,(H,21,24). The molecule has 1 fully saturated rings. The third kappa shape index (κ3) is 6.49. The number of anilines is 2. The maximum absolute atomic E-state index is 12.9. The minimum absolute atomic E-state index is 0.0333. The zero-order valence-electron chi connectivity index (χ0n) is 16.2. The van der Waals surface area contributed by atoms with Crippen molar-refractivity contribution in [1.82, 2.24) is 4.31 Å². The number of ether oxygens (including phenoxy) is 1. The van der Waals surface area contributed by atoms with Crippen LogP contribution in [0, 0.1) is 0 Å². The first-order valence-corrected chi connectivity index (χ1v) is 11.5. The Hall–Kier alpha value is -1.50. The van der Waals surface area contributed by atoms with Gasteiger partial charge in [0.2, 0.25) is 15.9 Å². The Labute approximate surface area is 172 Å². The Morgan fingerprint density at radius 2 is 1.86 bits per heavy atom. The van der Waals surface area contributed by atoms with Gasteiger partial charge in [0.25, 0.3) is 0 Å². The van der Waals surface area contributed by atoms with Crippen molar-refractivity contribution in [3.8, 4) is 0 Å². The summed E-state index contributed by atoms with van der Waals surface area (Å²) in [5.41, 5.74) is -3.82. The highest BCUT2D eigenvalue weighted by Gasteiger charge is 2.30. The topological polar surface area (TPSA) is 79.0 Å². The molecule has 1 amide bonds. The summed E-state index contributed by atoms with van der Waals surface area (Å²) < 4.78 is 69.4. The van der Waals surface area contributed by atoms with Crippen LogP contribution in [-0.4, -0.2) is 69.3 Å². The van der Waals surface area contributed by atoms with E-state index in [1.54, 1.807) is 6.07 Å². The van der Waals surface area contributed by atoms with Gasteiger partial charge in [-0.05, 0) is 43.8 Å². The number of rotatable bonds is 8. The highest BCUT2D eigenvalue weighted by molar-refractivity contribution is 8.00. The Morgan fingerprint density at radius 3 is 2.41 bits per heavy atom. The molecule has 0 saturated carbocycles. The fraction of sp³-hybridized carbons (Fsp3) is 0.588. The van der Waals surface area contributed by atoms with Crippen molar-refractivity contribution in [2.45, 2.75) is 24.3 Å². The zero-order chi connectivity index (χ0) is 21.7. The average Bonchev–Trinajstić information content (AvgIpc) is 2.68. The molecule has 2 rings (SSSR count). The molecule has 1 N–H and O–H groups in total. The van der Waals surface area contributed by atoms with Gasteiger partial charge in [-0.15, -0.1) is 0 Å². The molecule has 29 heavy (non-hydrogen) atoms. The smallest absolute Gasteiger partial charge is 0.379 e. The minimum Gasteiger partial charge on any atom is -0.379 e. The minimum atomic E-state index is -4.53. The van der Waals surface area contributed by atoms with Gasteiger partial charge in [-0.3, -0.25) is 4.79 Å². The summed E-state index contributed by atoms with van der Waals surface area (Å²) >= 11 is -0.447. The number of halogens is 3. The molecule has 0 unspecified atom stereocenters. The molecule has 0 spiro atoms.